The maximum atomic E-state index is 12.6. The fraction of sp³-hybridized carbons (Fsp3) is 0.706. The Hall–Kier alpha value is -1.69. The summed E-state index contributed by atoms with van der Waals surface area (Å²) >= 11 is 0. The van der Waals surface area contributed by atoms with E-state index in [9.17, 15) is 4.79 Å². The van der Waals surface area contributed by atoms with Crippen molar-refractivity contribution in [2.45, 2.75) is 40.0 Å². The highest BCUT2D eigenvalue weighted by Crippen LogP contribution is 2.09. The molecule has 0 unspecified atom stereocenters. The van der Waals surface area contributed by atoms with Gasteiger partial charge in [0.2, 0.25) is 5.95 Å². The summed E-state index contributed by atoms with van der Waals surface area (Å²) in [6, 6.07) is 1.77. The summed E-state index contributed by atoms with van der Waals surface area (Å²) in [6.07, 6.45) is 2.91. The molecular weight excluding hydrogens is 290 g/mol. The standard InChI is InChI=1S/C17H31N5O/c1-6-10-22(11-7-2)16(23)15-13-14(3)19-17(20-15)18-9-8-12-21(4)5/h13H,6-12H2,1-5H3,(H,18,19,20). The molecule has 0 fully saturated rings. The minimum atomic E-state index is -0.00413. The molecule has 6 heteroatoms. The first-order valence-corrected chi connectivity index (χ1v) is 8.51. The molecule has 0 aliphatic rings. The Kier molecular flexibility index (Phi) is 8.55. The number of carbonyl (C=O) groups is 1. The van der Waals surface area contributed by atoms with E-state index in [1.807, 2.05) is 11.8 Å². The molecule has 0 aromatic carbocycles. The van der Waals surface area contributed by atoms with Gasteiger partial charge in [0, 0.05) is 25.3 Å². The van der Waals surface area contributed by atoms with Gasteiger partial charge in [-0.3, -0.25) is 4.79 Å². The van der Waals surface area contributed by atoms with Crippen LogP contribution in [0.1, 0.15) is 49.3 Å². The highest BCUT2D eigenvalue weighted by Gasteiger charge is 2.17. The van der Waals surface area contributed by atoms with Crippen LogP contribution in [-0.2, 0) is 0 Å². The van der Waals surface area contributed by atoms with Crippen molar-refractivity contribution >= 4 is 11.9 Å². The molecule has 0 spiro atoms. The van der Waals surface area contributed by atoms with Gasteiger partial charge in [-0.05, 0) is 52.9 Å². The van der Waals surface area contributed by atoms with E-state index in [1.165, 1.54) is 0 Å². The molecule has 1 rings (SSSR count). The zero-order chi connectivity index (χ0) is 17.2. The topological polar surface area (TPSA) is 61.4 Å². The Morgan fingerprint density at radius 2 is 1.78 bits per heavy atom. The first-order chi connectivity index (χ1) is 11.0. The van der Waals surface area contributed by atoms with Crippen LogP contribution in [0.4, 0.5) is 5.95 Å². The second-order valence-electron chi connectivity index (χ2n) is 6.09. The summed E-state index contributed by atoms with van der Waals surface area (Å²) in [7, 11) is 4.10. The van der Waals surface area contributed by atoms with Crippen molar-refractivity contribution in [2.24, 2.45) is 0 Å². The summed E-state index contributed by atoms with van der Waals surface area (Å²) < 4.78 is 0. The summed E-state index contributed by atoms with van der Waals surface area (Å²) in [4.78, 5) is 25.4. The predicted molar refractivity (Wildman–Crippen MR) is 94.9 cm³/mol. The maximum absolute atomic E-state index is 12.6. The maximum Gasteiger partial charge on any atom is 0.272 e. The van der Waals surface area contributed by atoms with E-state index in [0.29, 0.717) is 11.6 Å². The number of anilines is 1. The molecule has 1 heterocycles. The molecule has 0 aliphatic heterocycles. The molecule has 0 saturated carbocycles. The molecular formula is C17H31N5O. The number of aromatic nitrogens is 2. The molecule has 6 nitrogen and oxygen atoms in total. The lowest BCUT2D eigenvalue weighted by atomic mass is 10.2. The molecule has 0 radical (unpaired) electrons. The van der Waals surface area contributed by atoms with E-state index >= 15 is 0 Å². The van der Waals surface area contributed by atoms with E-state index in [4.69, 9.17) is 0 Å². The molecule has 1 amide bonds. The Bertz CT molecular complexity index is 484. The van der Waals surface area contributed by atoms with Gasteiger partial charge in [0.1, 0.15) is 5.69 Å². The molecule has 1 aromatic rings. The van der Waals surface area contributed by atoms with Crippen molar-refractivity contribution in [2.75, 3.05) is 45.6 Å². The van der Waals surface area contributed by atoms with Gasteiger partial charge in [-0.2, -0.15) is 0 Å². The van der Waals surface area contributed by atoms with E-state index < -0.39 is 0 Å². The monoisotopic (exact) mass is 321 g/mol. The lowest BCUT2D eigenvalue weighted by Crippen LogP contribution is -2.33. The minimum Gasteiger partial charge on any atom is -0.354 e. The van der Waals surface area contributed by atoms with Gasteiger partial charge in [0.25, 0.3) is 5.91 Å². The molecule has 1 N–H and O–H groups in total. The van der Waals surface area contributed by atoms with Gasteiger partial charge < -0.3 is 15.1 Å². The van der Waals surface area contributed by atoms with Gasteiger partial charge >= 0.3 is 0 Å². The highest BCUT2D eigenvalue weighted by molar-refractivity contribution is 5.92. The average Bonchev–Trinajstić information content (AvgIpc) is 2.50. The van der Waals surface area contributed by atoms with Gasteiger partial charge in [0.05, 0.1) is 0 Å². The average molecular weight is 321 g/mol. The lowest BCUT2D eigenvalue weighted by Gasteiger charge is -2.21. The zero-order valence-corrected chi connectivity index (χ0v) is 15.2. The van der Waals surface area contributed by atoms with Crippen LogP contribution in [0.5, 0.6) is 0 Å². The number of rotatable bonds is 10. The van der Waals surface area contributed by atoms with E-state index in [2.05, 4.69) is 48.1 Å². The first kappa shape index (κ1) is 19.4. The molecule has 0 bridgehead atoms. The number of nitrogens with zero attached hydrogens (tertiary/aromatic N) is 4. The summed E-state index contributed by atoms with van der Waals surface area (Å²) in [5.74, 6) is 0.538. The Morgan fingerprint density at radius 3 is 2.35 bits per heavy atom. The molecule has 23 heavy (non-hydrogen) atoms. The van der Waals surface area contributed by atoms with Gasteiger partial charge in [-0.1, -0.05) is 13.8 Å². The Balaban J connectivity index is 2.76. The number of carbonyl (C=O) groups excluding carboxylic acids is 1. The third-order valence-corrected chi connectivity index (χ3v) is 3.41. The van der Waals surface area contributed by atoms with Gasteiger partial charge in [0.15, 0.2) is 0 Å². The van der Waals surface area contributed by atoms with Crippen LogP contribution in [0.25, 0.3) is 0 Å². The number of hydrogen-bond donors (Lipinski definition) is 1. The molecule has 1 aromatic heterocycles. The quantitative estimate of drug-likeness (QED) is 0.671. The third-order valence-electron chi connectivity index (χ3n) is 3.41. The zero-order valence-electron chi connectivity index (χ0n) is 15.2. The van der Waals surface area contributed by atoms with Crippen LogP contribution in [0.2, 0.25) is 0 Å². The van der Waals surface area contributed by atoms with Crippen molar-refractivity contribution in [3.8, 4) is 0 Å². The highest BCUT2D eigenvalue weighted by atomic mass is 16.2. The minimum absolute atomic E-state index is 0.00413. The van der Waals surface area contributed by atoms with Crippen molar-refractivity contribution in [1.29, 1.82) is 0 Å². The smallest absolute Gasteiger partial charge is 0.272 e. The van der Waals surface area contributed by atoms with E-state index in [0.717, 1.165) is 51.1 Å². The SMILES string of the molecule is CCCN(CCC)C(=O)c1cc(C)nc(NCCCN(C)C)n1. The van der Waals surface area contributed by atoms with E-state index in [1.54, 1.807) is 6.07 Å². The van der Waals surface area contributed by atoms with Crippen molar-refractivity contribution in [1.82, 2.24) is 19.8 Å². The summed E-state index contributed by atoms with van der Waals surface area (Å²) in [6.45, 7) is 9.39. The summed E-state index contributed by atoms with van der Waals surface area (Å²) in [5.41, 5.74) is 1.29. The molecule has 0 atom stereocenters. The molecule has 0 aliphatic carbocycles. The van der Waals surface area contributed by atoms with Crippen molar-refractivity contribution < 1.29 is 4.79 Å². The van der Waals surface area contributed by atoms with E-state index in [-0.39, 0.29) is 5.91 Å². The van der Waals surface area contributed by atoms with Crippen LogP contribution in [0.15, 0.2) is 6.07 Å². The second kappa shape index (κ2) is 10.2. The number of aryl methyl sites for hydroxylation is 1. The van der Waals surface area contributed by atoms with Gasteiger partial charge in [-0.15, -0.1) is 0 Å². The number of nitrogens with one attached hydrogen (secondary N) is 1. The van der Waals surface area contributed by atoms with Crippen LogP contribution in [0.3, 0.4) is 0 Å². The summed E-state index contributed by atoms with van der Waals surface area (Å²) in [5, 5.41) is 3.22. The van der Waals surface area contributed by atoms with Crippen LogP contribution < -0.4 is 5.32 Å². The molecule has 0 saturated heterocycles. The Labute approximate surface area is 140 Å². The first-order valence-electron chi connectivity index (χ1n) is 8.51. The molecule has 130 valence electrons. The second-order valence-corrected chi connectivity index (χ2v) is 6.09. The number of hydrogen-bond acceptors (Lipinski definition) is 5. The normalized spacial score (nSPS) is 10.9. The number of amides is 1. The van der Waals surface area contributed by atoms with Crippen LogP contribution in [0, 0.1) is 6.92 Å². The van der Waals surface area contributed by atoms with Crippen molar-refractivity contribution in [3.63, 3.8) is 0 Å². The fourth-order valence-electron chi connectivity index (χ4n) is 2.37. The van der Waals surface area contributed by atoms with Crippen LogP contribution >= 0.6 is 0 Å². The van der Waals surface area contributed by atoms with Crippen LogP contribution in [-0.4, -0.2) is 65.9 Å². The Morgan fingerprint density at radius 1 is 1.13 bits per heavy atom. The lowest BCUT2D eigenvalue weighted by molar-refractivity contribution is 0.0749. The van der Waals surface area contributed by atoms with Gasteiger partial charge in [-0.25, -0.2) is 9.97 Å². The largest absolute Gasteiger partial charge is 0.354 e. The van der Waals surface area contributed by atoms with Crippen molar-refractivity contribution in [3.05, 3.63) is 17.5 Å². The third kappa shape index (κ3) is 6.95. The fourth-order valence-corrected chi connectivity index (χ4v) is 2.37. The predicted octanol–water partition coefficient (Wildman–Crippen LogP) is 2.41.